The van der Waals surface area contributed by atoms with E-state index in [0.29, 0.717) is 5.92 Å². The number of aliphatic hydroxyl groups excluding tert-OH is 1. The fourth-order valence-electron chi connectivity index (χ4n) is 2.76. The van der Waals surface area contributed by atoms with E-state index in [2.05, 4.69) is 11.0 Å². The first-order valence-corrected chi connectivity index (χ1v) is 6.88. The normalized spacial score (nSPS) is 25.3. The molecule has 0 aromatic heterocycles. The Labute approximate surface area is 114 Å². The Morgan fingerprint density at radius 3 is 2.94 bits per heavy atom. The van der Waals surface area contributed by atoms with Crippen molar-refractivity contribution in [2.24, 2.45) is 11.7 Å². The Hall–Kier alpha value is -0.610. The summed E-state index contributed by atoms with van der Waals surface area (Å²) in [5.74, 6) is 0.512. The van der Waals surface area contributed by atoms with Gasteiger partial charge in [0.1, 0.15) is 0 Å². The number of likely N-dealkylation sites (tertiary alicyclic amines) is 1. The highest BCUT2D eigenvalue weighted by Gasteiger charge is 2.24. The summed E-state index contributed by atoms with van der Waals surface area (Å²) < 4.78 is 0. The molecule has 1 saturated heterocycles. The molecule has 3 N–H and O–H groups in total. The van der Waals surface area contributed by atoms with E-state index in [9.17, 15) is 0 Å². The van der Waals surface area contributed by atoms with Crippen molar-refractivity contribution in [2.75, 3.05) is 19.7 Å². The molecule has 0 spiro atoms. The fraction of sp³-hybridized carbons (Fsp3) is 0.571. The molecule has 0 aliphatic carbocycles. The predicted octanol–water partition coefficient (Wildman–Crippen LogP) is 1.87. The molecule has 2 rings (SSSR count). The Morgan fingerprint density at radius 2 is 2.22 bits per heavy atom. The van der Waals surface area contributed by atoms with E-state index in [1.165, 1.54) is 5.56 Å². The van der Waals surface area contributed by atoms with Crippen LogP contribution < -0.4 is 5.73 Å². The number of nitrogens with two attached hydrogens (primary N) is 1. The van der Waals surface area contributed by atoms with Crippen LogP contribution in [0.1, 0.15) is 18.4 Å². The highest BCUT2D eigenvalue weighted by Crippen LogP contribution is 2.21. The molecule has 18 heavy (non-hydrogen) atoms. The molecule has 0 radical (unpaired) electrons. The quantitative estimate of drug-likeness (QED) is 0.877. The van der Waals surface area contributed by atoms with Crippen LogP contribution in [0.4, 0.5) is 0 Å². The van der Waals surface area contributed by atoms with Crippen molar-refractivity contribution in [3.05, 3.63) is 34.9 Å². The largest absolute Gasteiger partial charge is 0.396 e. The van der Waals surface area contributed by atoms with Gasteiger partial charge < -0.3 is 10.8 Å². The molecule has 1 aromatic carbocycles. The van der Waals surface area contributed by atoms with Gasteiger partial charge in [0.15, 0.2) is 0 Å². The summed E-state index contributed by atoms with van der Waals surface area (Å²) in [7, 11) is 0. The number of piperidine rings is 1. The summed E-state index contributed by atoms with van der Waals surface area (Å²) in [6, 6.07) is 8.18. The Morgan fingerprint density at radius 1 is 1.39 bits per heavy atom. The summed E-state index contributed by atoms with van der Waals surface area (Å²) in [5, 5.41) is 9.82. The minimum absolute atomic E-state index is 0.217. The van der Waals surface area contributed by atoms with Crippen LogP contribution in [0.25, 0.3) is 0 Å². The third kappa shape index (κ3) is 3.95. The Balaban J connectivity index is 1.95. The highest BCUT2D eigenvalue weighted by molar-refractivity contribution is 6.30. The number of aliphatic hydroxyl groups is 1. The lowest BCUT2D eigenvalue weighted by Gasteiger charge is -2.36. The third-order valence-corrected chi connectivity index (χ3v) is 3.71. The maximum Gasteiger partial charge on any atom is 0.0434 e. The van der Waals surface area contributed by atoms with E-state index in [1.54, 1.807) is 0 Å². The Kier molecular flexibility index (Phi) is 5.01. The van der Waals surface area contributed by atoms with Crippen LogP contribution in [0, 0.1) is 5.92 Å². The molecule has 4 heteroatoms. The molecule has 0 bridgehead atoms. The highest BCUT2D eigenvalue weighted by atomic mass is 35.5. The van der Waals surface area contributed by atoms with Crippen LogP contribution in [0.15, 0.2) is 24.3 Å². The van der Waals surface area contributed by atoms with E-state index in [-0.39, 0.29) is 12.6 Å². The van der Waals surface area contributed by atoms with E-state index in [1.807, 2.05) is 18.2 Å². The van der Waals surface area contributed by atoms with Crippen molar-refractivity contribution in [2.45, 2.75) is 25.4 Å². The van der Waals surface area contributed by atoms with Crippen molar-refractivity contribution < 1.29 is 5.11 Å². The standard InChI is InChI=1S/C14H21ClN2O/c15-13-3-1-2-11(6-13)8-17-9-12(4-5-18)7-14(16)10-17/h1-3,6,12,14,18H,4-5,7-10,16H2. The lowest BCUT2D eigenvalue weighted by Crippen LogP contribution is -2.46. The van der Waals surface area contributed by atoms with Gasteiger partial charge in [-0.1, -0.05) is 23.7 Å². The number of rotatable bonds is 4. The maximum atomic E-state index is 9.04. The molecule has 100 valence electrons. The van der Waals surface area contributed by atoms with Crippen LogP contribution in [0.2, 0.25) is 5.02 Å². The van der Waals surface area contributed by atoms with Crippen LogP contribution in [0.5, 0.6) is 0 Å². The second-order valence-corrected chi connectivity index (χ2v) is 5.63. The first kappa shape index (κ1) is 13.8. The molecule has 2 unspecified atom stereocenters. The number of benzene rings is 1. The van der Waals surface area contributed by atoms with Crippen LogP contribution in [-0.4, -0.2) is 35.7 Å². The predicted molar refractivity (Wildman–Crippen MR) is 74.5 cm³/mol. The van der Waals surface area contributed by atoms with Gasteiger partial charge in [-0.3, -0.25) is 4.90 Å². The molecule has 1 aromatic rings. The Bertz CT molecular complexity index is 386. The first-order valence-electron chi connectivity index (χ1n) is 6.50. The molecular weight excluding hydrogens is 248 g/mol. The lowest BCUT2D eigenvalue weighted by atomic mass is 9.92. The van der Waals surface area contributed by atoms with Gasteiger partial charge in [0, 0.05) is 37.3 Å². The summed E-state index contributed by atoms with van der Waals surface area (Å²) in [6.07, 6.45) is 1.87. The van der Waals surface area contributed by atoms with E-state index < -0.39 is 0 Å². The fourth-order valence-corrected chi connectivity index (χ4v) is 2.98. The zero-order valence-corrected chi connectivity index (χ0v) is 11.3. The van der Waals surface area contributed by atoms with Gasteiger partial charge in [-0.2, -0.15) is 0 Å². The smallest absolute Gasteiger partial charge is 0.0434 e. The summed E-state index contributed by atoms with van der Waals surface area (Å²) in [4.78, 5) is 2.36. The van der Waals surface area contributed by atoms with Gasteiger partial charge in [-0.15, -0.1) is 0 Å². The molecule has 1 fully saturated rings. The molecule has 0 saturated carbocycles. The van der Waals surface area contributed by atoms with Crippen molar-refractivity contribution >= 4 is 11.6 Å². The SMILES string of the molecule is NC1CC(CCO)CN(Cc2cccc(Cl)c2)C1. The van der Waals surface area contributed by atoms with Gasteiger partial charge >= 0.3 is 0 Å². The first-order chi connectivity index (χ1) is 8.67. The molecule has 1 aliphatic rings. The average Bonchev–Trinajstić information content (AvgIpc) is 2.28. The van der Waals surface area contributed by atoms with Crippen molar-refractivity contribution in [1.82, 2.24) is 4.90 Å². The van der Waals surface area contributed by atoms with Gasteiger partial charge in [-0.25, -0.2) is 0 Å². The van der Waals surface area contributed by atoms with E-state index >= 15 is 0 Å². The summed E-state index contributed by atoms with van der Waals surface area (Å²) in [5.41, 5.74) is 7.30. The molecule has 1 heterocycles. The molecular formula is C14H21ClN2O. The number of halogens is 1. The average molecular weight is 269 g/mol. The van der Waals surface area contributed by atoms with Gasteiger partial charge in [0.2, 0.25) is 0 Å². The van der Waals surface area contributed by atoms with E-state index in [4.69, 9.17) is 22.4 Å². The van der Waals surface area contributed by atoms with Gasteiger partial charge in [0.05, 0.1) is 0 Å². The van der Waals surface area contributed by atoms with Gasteiger partial charge in [0.25, 0.3) is 0 Å². The second kappa shape index (κ2) is 6.53. The number of nitrogens with zero attached hydrogens (tertiary/aromatic N) is 1. The number of hydrogen-bond acceptors (Lipinski definition) is 3. The van der Waals surface area contributed by atoms with E-state index in [0.717, 1.165) is 37.5 Å². The van der Waals surface area contributed by atoms with Gasteiger partial charge in [-0.05, 0) is 36.5 Å². The monoisotopic (exact) mass is 268 g/mol. The topological polar surface area (TPSA) is 49.5 Å². The van der Waals surface area contributed by atoms with Crippen LogP contribution >= 0.6 is 11.6 Å². The molecule has 2 atom stereocenters. The number of hydrogen-bond donors (Lipinski definition) is 2. The second-order valence-electron chi connectivity index (χ2n) is 5.20. The minimum atomic E-state index is 0.217. The summed E-state index contributed by atoms with van der Waals surface area (Å²) >= 11 is 5.99. The minimum Gasteiger partial charge on any atom is -0.396 e. The van der Waals surface area contributed by atoms with Crippen molar-refractivity contribution in [1.29, 1.82) is 0 Å². The molecule has 3 nitrogen and oxygen atoms in total. The van der Waals surface area contributed by atoms with Crippen LogP contribution in [0.3, 0.4) is 0 Å². The molecule has 0 amide bonds. The lowest BCUT2D eigenvalue weighted by molar-refractivity contribution is 0.128. The zero-order valence-electron chi connectivity index (χ0n) is 10.6. The summed E-state index contributed by atoms with van der Waals surface area (Å²) in [6.45, 7) is 3.08. The maximum absolute atomic E-state index is 9.04. The molecule has 1 aliphatic heterocycles. The van der Waals surface area contributed by atoms with Crippen LogP contribution in [-0.2, 0) is 6.54 Å². The zero-order chi connectivity index (χ0) is 13.0. The van der Waals surface area contributed by atoms with Crippen molar-refractivity contribution in [3.63, 3.8) is 0 Å². The van der Waals surface area contributed by atoms with Crippen molar-refractivity contribution in [3.8, 4) is 0 Å². The third-order valence-electron chi connectivity index (χ3n) is 3.48.